The highest BCUT2D eigenvalue weighted by molar-refractivity contribution is 7.14. The molecule has 1 aromatic heterocycles. The number of carbonyl (C=O) groups is 2. The molecule has 3 aromatic rings. The Hall–Kier alpha value is -3.50. The highest BCUT2D eigenvalue weighted by Crippen LogP contribution is 2.43. The molecular formula is C40H38Cl2O2S. The first kappa shape index (κ1) is 32.9. The van der Waals surface area contributed by atoms with Crippen LogP contribution in [0.1, 0.15) is 76.3 Å². The molecule has 0 saturated carbocycles. The third-order valence-corrected chi connectivity index (χ3v) is 9.73. The highest BCUT2D eigenvalue weighted by Gasteiger charge is 2.30. The summed E-state index contributed by atoms with van der Waals surface area (Å²) in [6.07, 6.45) is 8.09. The summed E-state index contributed by atoms with van der Waals surface area (Å²) in [6, 6.07) is 20.0. The molecule has 0 aliphatic heterocycles. The van der Waals surface area contributed by atoms with Crippen molar-refractivity contribution in [3.63, 3.8) is 0 Å². The number of ketones is 2. The van der Waals surface area contributed by atoms with Crippen molar-refractivity contribution in [2.75, 3.05) is 0 Å². The van der Waals surface area contributed by atoms with Crippen LogP contribution in [0.5, 0.6) is 0 Å². The highest BCUT2D eigenvalue weighted by atomic mass is 35.5. The van der Waals surface area contributed by atoms with Gasteiger partial charge in [0.15, 0.2) is 11.6 Å². The molecule has 2 aliphatic carbocycles. The fourth-order valence-corrected chi connectivity index (χ4v) is 7.13. The van der Waals surface area contributed by atoms with E-state index >= 15 is 0 Å². The van der Waals surface area contributed by atoms with E-state index in [2.05, 4.69) is 65.8 Å². The molecule has 0 bridgehead atoms. The molecule has 5 heteroatoms. The molecule has 0 unspecified atom stereocenters. The number of rotatable bonds is 4. The minimum Gasteiger partial charge on any atom is -0.289 e. The molecule has 0 amide bonds. The maximum absolute atomic E-state index is 13.2. The Morgan fingerprint density at radius 2 is 0.867 bits per heavy atom. The smallest absolute Gasteiger partial charge is 0.185 e. The maximum atomic E-state index is 13.2. The Morgan fingerprint density at radius 1 is 0.533 bits per heavy atom. The number of hydrogen-bond acceptors (Lipinski definition) is 3. The first-order valence-corrected chi connectivity index (χ1v) is 16.6. The Labute approximate surface area is 281 Å². The van der Waals surface area contributed by atoms with E-state index < -0.39 is 0 Å². The van der Waals surface area contributed by atoms with Gasteiger partial charge in [0.25, 0.3) is 0 Å². The van der Waals surface area contributed by atoms with Gasteiger partial charge in [-0.15, -0.1) is 11.3 Å². The molecule has 230 valence electrons. The summed E-state index contributed by atoms with van der Waals surface area (Å²) in [5.74, 6) is 0.164. The number of hydrogen-bond donors (Lipinski definition) is 0. The van der Waals surface area contributed by atoms with E-state index in [-0.39, 0.29) is 22.4 Å². The summed E-state index contributed by atoms with van der Waals surface area (Å²) in [5.41, 5.74) is 8.47. The number of allylic oxidation sites excluding steroid dienone is 10. The van der Waals surface area contributed by atoms with Gasteiger partial charge in [0, 0.05) is 42.1 Å². The molecule has 2 aromatic carbocycles. The second-order valence-electron chi connectivity index (χ2n) is 13.8. The van der Waals surface area contributed by atoms with E-state index in [1.165, 1.54) is 0 Å². The van der Waals surface area contributed by atoms with Crippen LogP contribution in [0.2, 0.25) is 10.0 Å². The molecular weight excluding hydrogens is 615 g/mol. The van der Waals surface area contributed by atoms with E-state index in [4.69, 9.17) is 23.2 Å². The monoisotopic (exact) mass is 652 g/mol. The summed E-state index contributed by atoms with van der Waals surface area (Å²) in [4.78, 5) is 28.6. The van der Waals surface area contributed by atoms with Gasteiger partial charge in [0.05, 0.1) is 0 Å². The summed E-state index contributed by atoms with van der Waals surface area (Å²) in [7, 11) is 0. The normalized spacial score (nSPS) is 18.3. The topological polar surface area (TPSA) is 34.1 Å². The van der Waals surface area contributed by atoms with Crippen LogP contribution in [0.15, 0.2) is 118 Å². The third-order valence-electron chi connectivity index (χ3n) is 8.11. The van der Waals surface area contributed by atoms with Gasteiger partial charge in [-0.2, -0.15) is 0 Å². The van der Waals surface area contributed by atoms with Gasteiger partial charge in [-0.25, -0.2) is 0 Å². The van der Waals surface area contributed by atoms with Crippen LogP contribution in [0.3, 0.4) is 0 Å². The lowest BCUT2D eigenvalue weighted by molar-refractivity contribution is -0.113. The Morgan fingerprint density at radius 3 is 1.18 bits per heavy atom. The quantitative estimate of drug-likeness (QED) is 0.281. The van der Waals surface area contributed by atoms with Crippen molar-refractivity contribution >= 4 is 57.3 Å². The van der Waals surface area contributed by atoms with Crippen molar-refractivity contribution in [2.45, 2.75) is 55.4 Å². The van der Waals surface area contributed by atoms with Gasteiger partial charge in [-0.05, 0) is 119 Å². The van der Waals surface area contributed by atoms with Crippen LogP contribution in [0.4, 0.5) is 0 Å². The standard InChI is InChI=1S/C40H38Cl2O2S/c1-23-19-27(21-31(37(23)43)39(3,4)5)35(25-9-13-29(41)14-10-25)33-17-18-34(45-33)36(26-11-15-30(42)16-12-26)28-20-24(2)38(44)32(22-28)40(6,7)8/h9-22H,1-8H3. The minimum absolute atomic E-state index is 0.0822. The molecule has 2 nitrogen and oxygen atoms in total. The summed E-state index contributed by atoms with van der Waals surface area (Å²) in [5, 5.41) is 1.33. The van der Waals surface area contributed by atoms with Gasteiger partial charge in [-0.3, -0.25) is 9.59 Å². The zero-order valence-corrected chi connectivity index (χ0v) is 29.4. The van der Waals surface area contributed by atoms with Crippen molar-refractivity contribution in [2.24, 2.45) is 10.8 Å². The van der Waals surface area contributed by atoms with Crippen LogP contribution < -0.4 is 0 Å². The first-order chi connectivity index (χ1) is 21.0. The predicted octanol–water partition coefficient (Wildman–Crippen LogP) is 11.7. The van der Waals surface area contributed by atoms with Crippen LogP contribution in [-0.4, -0.2) is 11.6 Å². The molecule has 0 N–H and O–H groups in total. The summed E-state index contributed by atoms with van der Waals surface area (Å²) >= 11 is 14.3. The van der Waals surface area contributed by atoms with E-state index in [1.54, 1.807) is 11.3 Å². The second kappa shape index (κ2) is 12.4. The number of thiophene rings is 1. The molecule has 1 heterocycles. The van der Waals surface area contributed by atoms with Gasteiger partial charge >= 0.3 is 0 Å². The lowest BCUT2D eigenvalue weighted by Crippen LogP contribution is -2.21. The lowest BCUT2D eigenvalue weighted by Gasteiger charge is -2.26. The van der Waals surface area contributed by atoms with Crippen molar-refractivity contribution in [3.8, 4) is 0 Å². The molecule has 2 aliphatic rings. The van der Waals surface area contributed by atoms with E-state index in [0.717, 1.165) is 65.5 Å². The largest absolute Gasteiger partial charge is 0.289 e. The van der Waals surface area contributed by atoms with Crippen molar-refractivity contribution in [1.29, 1.82) is 0 Å². The van der Waals surface area contributed by atoms with Crippen LogP contribution in [0, 0.1) is 10.8 Å². The van der Waals surface area contributed by atoms with Crippen LogP contribution in [0.25, 0.3) is 11.1 Å². The number of benzene rings is 2. The molecule has 0 saturated heterocycles. The number of halogens is 2. The SMILES string of the molecule is CC1=CC(=C(c2ccc(Cl)cc2)c2ccc(C(=C3C=C(C)C(=O)C(C(C)(C)C)=C3)c3ccc(Cl)cc3)s2)C=C(C(C)(C)C)C1=O. The fraction of sp³-hybridized carbons (Fsp3) is 0.250. The van der Waals surface area contributed by atoms with E-state index in [0.29, 0.717) is 10.0 Å². The third kappa shape index (κ3) is 6.87. The zero-order valence-electron chi connectivity index (χ0n) is 27.1. The molecule has 0 spiro atoms. The van der Waals surface area contributed by atoms with Gasteiger partial charge < -0.3 is 0 Å². The van der Waals surface area contributed by atoms with Crippen LogP contribution >= 0.6 is 34.5 Å². The number of carbonyl (C=O) groups excluding carboxylic acids is 2. The van der Waals surface area contributed by atoms with E-state index in [9.17, 15) is 9.59 Å². The van der Waals surface area contributed by atoms with Crippen molar-refractivity contribution in [3.05, 3.63) is 149 Å². The predicted molar refractivity (Wildman–Crippen MR) is 192 cm³/mol. The van der Waals surface area contributed by atoms with Gasteiger partial charge in [-0.1, -0.05) is 89.0 Å². The zero-order chi connectivity index (χ0) is 32.8. The average molecular weight is 654 g/mol. The number of Topliss-reactive ketones (excluding diaryl/α,β-unsaturated/α-hetero) is 2. The van der Waals surface area contributed by atoms with Crippen LogP contribution in [-0.2, 0) is 9.59 Å². The maximum Gasteiger partial charge on any atom is 0.185 e. The first-order valence-electron chi connectivity index (χ1n) is 15.1. The molecule has 5 rings (SSSR count). The Balaban J connectivity index is 1.80. The van der Waals surface area contributed by atoms with E-state index in [1.807, 2.05) is 74.5 Å². The van der Waals surface area contributed by atoms with Crippen molar-refractivity contribution < 1.29 is 9.59 Å². The Bertz CT molecular complexity index is 1750. The minimum atomic E-state index is -0.310. The fourth-order valence-electron chi connectivity index (χ4n) is 5.69. The molecule has 0 atom stereocenters. The summed E-state index contributed by atoms with van der Waals surface area (Å²) in [6.45, 7) is 16.2. The van der Waals surface area contributed by atoms with Gasteiger partial charge in [0.2, 0.25) is 0 Å². The second-order valence-corrected chi connectivity index (χ2v) is 15.7. The lowest BCUT2D eigenvalue weighted by atomic mass is 9.77. The molecule has 0 radical (unpaired) electrons. The van der Waals surface area contributed by atoms with Crippen molar-refractivity contribution in [1.82, 2.24) is 0 Å². The molecule has 0 fully saturated rings. The summed E-state index contributed by atoms with van der Waals surface area (Å²) < 4.78 is 0. The Kier molecular flexibility index (Phi) is 9.03. The molecule has 45 heavy (non-hydrogen) atoms. The van der Waals surface area contributed by atoms with Gasteiger partial charge in [0.1, 0.15) is 0 Å². The average Bonchev–Trinajstić information content (AvgIpc) is 3.42.